The number of benzene rings is 3. The SMILES string of the molecule is O=C(Cn1c2c(sc1=O)[C@H](c1ccc(Cl)cc1)C1C(=O)N(c3ccccc3C(F)(F)F)C(=O)C1S2)Nc1ccc(F)cc1. The van der Waals surface area contributed by atoms with Gasteiger partial charge < -0.3 is 5.32 Å². The Morgan fingerprint density at radius 1 is 0.930 bits per heavy atom. The maximum atomic E-state index is 13.9. The van der Waals surface area contributed by atoms with Crippen LogP contribution in [0.15, 0.2) is 82.6 Å². The monoisotopic (exact) mass is 647 g/mol. The highest BCUT2D eigenvalue weighted by atomic mass is 35.5. The van der Waals surface area contributed by atoms with E-state index in [2.05, 4.69) is 5.32 Å². The minimum absolute atomic E-state index is 0.262. The Kier molecular flexibility index (Phi) is 7.43. The fourth-order valence-corrected chi connectivity index (χ4v) is 8.21. The Bertz CT molecular complexity index is 1820. The summed E-state index contributed by atoms with van der Waals surface area (Å²) in [6, 6.07) is 15.8. The number of nitrogens with one attached hydrogen (secondary N) is 1. The molecule has 0 spiro atoms. The zero-order valence-corrected chi connectivity index (χ0v) is 24.0. The molecule has 3 atom stereocenters. The molecule has 14 heteroatoms. The number of alkyl halides is 3. The number of fused-ring (bicyclic) bond motifs is 2. The van der Waals surface area contributed by atoms with Gasteiger partial charge in [-0.3, -0.25) is 23.7 Å². The maximum Gasteiger partial charge on any atom is 0.418 e. The van der Waals surface area contributed by atoms with Crippen molar-refractivity contribution in [3.8, 4) is 0 Å². The summed E-state index contributed by atoms with van der Waals surface area (Å²) in [4.78, 5) is 54.2. The maximum absolute atomic E-state index is 13.9. The third kappa shape index (κ3) is 5.25. The van der Waals surface area contributed by atoms with E-state index in [0.29, 0.717) is 26.1 Å². The molecular formula is C29H18ClF4N3O4S2. The van der Waals surface area contributed by atoms with Crippen molar-refractivity contribution >= 4 is 63.8 Å². The van der Waals surface area contributed by atoms with Gasteiger partial charge in [0, 0.05) is 21.5 Å². The molecule has 2 aliphatic heterocycles. The topological polar surface area (TPSA) is 88.5 Å². The molecule has 0 radical (unpaired) electrons. The average Bonchev–Trinajstić information content (AvgIpc) is 3.40. The number of rotatable bonds is 5. The Morgan fingerprint density at radius 3 is 2.28 bits per heavy atom. The molecule has 3 heterocycles. The fourth-order valence-electron chi connectivity index (χ4n) is 5.31. The van der Waals surface area contributed by atoms with E-state index in [-0.39, 0.29) is 5.03 Å². The van der Waals surface area contributed by atoms with Crippen LogP contribution in [0.4, 0.5) is 28.9 Å². The van der Waals surface area contributed by atoms with Gasteiger partial charge in [0.15, 0.2) is 0 Å². The third-order valence-corrected chi connectivity index (χ3v) is 10.0. The van der Waals surface area contributed by atoms with Crippen LogP contribution in [-0.2, 0) is 27.1 Å². The van der Waals surface area contributed by atoms with Gasteiger partial charge in [-0.1, -0.05) is 59.0 Å². The molecular weight excluding hydrogens is 630 g/mol. The minimum atomic E-state index is -4.83. The van der Waals surface area contributed by atoms with Crippen molar-refractivity contribution in [2.45, 2.75) is 28.9 Å². The molecule has 1 N–H and O–H groups in total. The van der Waals surface area contributed by atoms with E-state index < -0.39 is 69.5 Å². The quantitative estimate of drug-likeness (QED) is 0.207. The molecule has 7 nitrogen and oxygen atoms in total. The van der Waals surface area contributed by atoms with E-state index in [4.69, 9.17) is 11.6 Å². The molecule has 2 unspecified atom stereocenters. The fraction of sp³-hybridized carbons (Fsp3) is 0.172. The third-order valence-electron chi connectivity index (χ3n) is 7.16. The summed E-state index contributed by atoms with van der Waals surface area (Å²) in [7, 11) is 0. The summed E-state index contributed by atoms with van der Waals surface area (Å²) in [6.45, 7) is -0.456. The van der Waals surface area contributed by atoms with Gasteiger partial charge in [-0.15, -0.1) is 0 Å². The van der Waals surface area contributed by atoms with Gasteiger partial charge in [-0.25, -0.2) is 9.29 Å². The van der Waals surface area contributed by atoms with E-state index in [1.165, 1.54) is 28.8 Å². The summed E-state index contributed by atoms with van der Waals surface area (Å²) in [5, 5.41) is 2.06. The first-order chi connectivity index (χ1) is 20.4. The first-order valence-corrected chi connectivity index (χ1v) is 14.8. The van der Waals surface area contributed by atoms with Gasteiger partial charge in [0.05, 0.1) is 22.2 Å². The van der Waals surface area contributed by atoms with Crippen LogP contribution in [0.25, 0.3) is 0 Å². The number of carbonyl (C=O) groups is 3. The second kappa shape index (κ2) is 11.0. The summed E-state index contributed by atoms with van der Waals surface area (Å²) in [5.74, 6) is -4.80. The zero-order chi connectivity index (χ0) is 30.6. The molecule has 43 heavy (non-hydrogen) atoms. The van der Waals surface area contributed by atoms with Crippen molar-refractivity contribution in [2.24, 2.45) is 5.92 Å². The number of aromatic nitrogens is 1. The summed E-state index contributed by atoms with van der Waals surface area (Å²) in [6.07, 6.45) is -4.83. The number of carbonyl (C=O) groups excluding carboxylic acids is 3. The number of thioether (sulfide) groups is 1. The standard InChI is InChI=1S/C29H18ClF4N3O4S2/c30-15-7-5-14(6-8-15)21-22-23(26(40)37(25(22)39)19-4-2-1-3-18(19)29(32,33)34)42-27-24(21)43-28(41)36(27)13-20(38)35-17-11-9-16(31)10-12-17/h1-12,21-23H,13H2,(H,35,38)/t21-,22?,23?/m1/s1. The van der Waals surface area contributed by atoms with E-state index in [0.717, 1.165) is 47.4 Å². The van der Waals surface area contributed by atoms with Crippen molar-refractivity contribution in [3.63, 3.8) is 0 Å². The average molecular weight is 648 g/mol. The molecule has 3 aromatic carbocycles. The van der Waals surface area contributed by atoms with Crippen molar-refractivity contribution in [3.05, 3.63) is 109 Å². The highest BCUT2D eigenvalue weighted by Crippen LogP contribution is 2.54. The molecule has 0 bridgehead atoms. The lowest BCUT2D eigenvalue weighted by Gasteiger charge is -2.30. The number of para-hydroxylation sites is 1. The molecule has 2 aliphatic rings. The smallest absolute Gasteiger partial charge is 0.325 e. The molecule has 0 aliphatic carbocycles. The number of imide groups is 1. The van der Waals surface area contributed by atoms with Gasteiger partial charge >= 0.3 is 11.0 Å². The molecule has 1 saturated heterocycles. The van der Waals surface area contributed by atoms with Crippen LogP contribution in [0, 0.1) is 11.7 Å². The summed E-state index contributed by atoms with van der Waals surface area (Å²) < 4.78 is 56.2. The number of hydrogen-bond donors (Lipinski definition) is 1. The number of halogens is 5. The number of amides is 3. The Morgan fingerprint density at radius 2 is 1.60 bits per heavy atom. The number of hydrogen-bond acceptors (Lipinski definition) is 6. The Hall–Kier alpha value is -3.94. The minimum Gasteiger partial charge on any atom is -0.325 e. The second-order valence-corrected chi connectivity index (χ2v) is 12.4. The van der Waals surface area contributed by atoms with Crippen molar-refractivity contribution in [1.82, 2.24) is 4.57 Å². The van der Waals surface area contributed by atoms with Crippen LogP contribution in [0.1, 0.15) is 21.9 Å². The van der Waals surface area contributed by atoms with Gasteiger partial charge in [0.2, 0.25) is 17.7 Å². The molecule has 4 aromatic rings. The van der Waals surface area contributed by atoms with Crippen LogP contribution in [0.2, 0.25) is 5.02 Å². The van der Waals surface area contributed by atoms with Crippen LogP contribution in [0.5, 0.6) is 0 Å². The van der Waals surface area contributed by atoms with E-state index in [1.54, 1.807) is 24.3 Å². The highest BCUT2D eigenvalue weighted by Gasteiger charge is 2.57. The first kappa shape index (κ1) is 29.1. The lowest BCUT2D eigenvalue weighted by atomic mass is 9.83. The summed E-state index contributed by atoms with van der Waals surface area (Å²) >= 11 is 7.75. The number of nitrogens with zero attached hydrogens (tertiary/aromatic N) is 2. The van der Waals surface area contributed by atoms with Crippen LogP contribution >= 0.6 is 34.7 Å². The number of thiazole rings is 1. The normalized spacial score (nSPS) is 19.7. The molecule has 220 valence electrons. The van der Waals surface area contributed by atoms with E-state index in [9.17, 15) is 36.7 Å². The van der Waals surface area contributed by atoms with Gasteiger partial charge in [0.25, 0.3) is 0 Å². The Balaban J connectivity index is 1.43. The first-order valence-electron chi connectivity index (χ1n) is 12.7. The predicted molar refractivity (Wildman–Crippen MR) is 154 cm³/mol. The van der Waals surface area contributed by atoms with Gasteiger partial charge in [-0.05, 0) is 54.1 Å². The van der Waals surface area contributed by atoms with Crippen LogP contribution in [0.3, 0.4) is 0 Å². The summed E-state index contributed by atoms with van der Waals surface area (Å²) in [5.41, 5.74) is -0.884. The molecule has 0 saturated carbocycles. The predicted octanol–water partition coefficient (Wildman–Crippen LogP) is 6.16. The lowest BCUT2D eigenvalue weighted by molar-refractivity contribution is -0.137. The van der Waals surface area contributed by atoms with Crippen molar-refractivity contribution in [2.75, 3.05) is 10.2 Å². The van der Waals surface area contributed by atoms with Crippen LogP contribution < -0.4 is 15.1 Å². The lowest BCUT2D eigenvalue weighted by Crippen LogP contribution is -2.33. The Labute approximate surface area is 254 Å². The van der Waals surface area contributed by atoms with Crippen molar-refractivity contribution < 1.29 is 31.9 Å². The van der Waals surface area contributed by atoms with Gasteiger partial charge in [0.1, 0.15) is 17.6 Å². The highest BCUT2D eigenvalue weighted by molar-refractivity contribution is 8.00. The van der Waals surface area contributed by atoms with E-state index in [1.807, 2.05) is 0 Å². The largest absolute Gasteiger partial charge is 0.418 e. The number of anilines is 2. The molecule has 6 rings (SSSR count). The molecule has 1 fully saturated rings. The van der Waals surface area contributed by atoms with Crippen LogP contribution in [-0.4, -0.2) is 27.5 Å². The van der Waals surface area contributed by atoms with Gasteiger partial charge in [-0.2, -0.15) is 13.2 Å². The second-order valence-electron chi connectivity index (χ2n) is 9.80. The molecule has 1 aromatic heterocycles. The van der Waals surface area contributed by atoms with E-state index >= 15 is 0 Å². The van der Waals surface area contributed by atoms with Crippen molar-refractivity contribution in [1.29, 1.82) is 0 Å². The molecule has 3 amide bonds. The zero-order valence-electron chi connectivity index (χ0n) is 21.6.